The number of aromatic nitrogens is 3. The van der Waals surface area contributed by atoms with Crippen molar-refractivity contribution in [3.05, 3.63) is 66.2 Å². The molecule has 6 heteroatoms. The smallest absolute Gasteiger partial charge is 0.240 e. The van der Waals surface area contributed by atoms with Crippen LogP contribution in [0.25, 0.3) is 11.4 Å². The van der Waals surface area contributed by atoms with Gasteiger partial charge in [0.15, 0.2) is 5.82 Å². The molecule has 0 spiro atoms. The number of likely N-dealkylation sites (tertiary alicyclic amines) is 1. The average molecular weight is 364 g/mol. The Kier molecular flexibility index (Phi) is 5.02. The van der Waals surface area contributed by atoms with Crippen molar-refractivity contribution < 1.29 is 4.79 Å². The fourth-order valence-electron chi connectivity index (χ4n) is 3.12. The molecule has 1 atom stereocenters. The Morgan fingerprint density at radius 3 is 2.35 bits per heavy atom. The molecule has 0 aliphatic carbocycles. The van der Waals surface area contributed by atoms with Gasteiger partial charge in [0.1, 0.15) is 5.25 Å². The molecule has 2 heterocycles. The third-order valence-electron chi connectivity index (χ3n) is 4.48. The topological polar surface area (TPSA) is 61.9 Å². The predicted octanol–water partition coefficient (Wildman–Crippen LogP) is 3.93. The molecule has 0 radical (unpaired) electrons. The van der Waals surface area contributed by atoms with Gasteiger partial charge in [0, 0.05) is 18.7 Å². The van der Waals surface area contributed by atoms with Gasteiger partial charge in [-0.15, -0.1) is 5.10 Å². The van der Waals surface area contributed by atoms with Crippen molar-refractivity contribution in [3.63, 3.8) is 0 Å². The van der Waals surface area contributed by atoms with Crippen LogP contribution in [0.5, 0.6) is 0 Å². The Bertz CT molecular complexity index is 860. The van der Waals surface area contributed by atoms with E-state index in [-0.39, 0.29) is 11.2 Å². The monoisotopic (exact) mass is 364 g/mol. The van der Waals surface area contributed by atoms with Crippen molar-refractivity contribution in [1.82, 2.24) is 20.1 Å². The minimum atomic E-state index is -0.325. The number of hydrogen-bond donors (Lipinski definition) is 1. The summed E-state index contributed by atoms with van der Waals surface area (Å²) in [6, 6.07) is 19.8. The molecular formula is C20H20N4OS. The first-order chi connectivity index (χ1) is 12.8. The van der Waals surface area contributed by atoms with E-state index >= 15 is 0 Å². The number of amides is 1. The predicted molar refractivity (Wildman–Crippen MR) is 103 cm³/mol. The quantitative estimate of drug-likeness (QED) is 0.697. The minimum absolute atomic E-state index is 0.143. The number of rotatable bonds is 5. The lowest BCUT2D eigenvalue weighted by molar-refractivity contribution is -0.129. The number of nitrogens with one attached hydrogen (secondary N) is 1. The number of hydrogen-bond acceptors (Lipinski definition) is 4. The van der Waals surface area contributed by atoms with E-state index in [1.807, 2.05) is 65.6 Å². The summed E-state index contributed by atoms with van der Waals surface area (Å²) in [5, 5.41) is 7.57. The number of H-pyrrole nitrogens is 1. The van der Waals surface area contributed by atoms with Gasteiger partial charge in [-0.05, 0) is 18.4 Å². The summed E-state index contributed by atoms with van der Waals surface area (Å²) in [5.41, 5.74) is 1.97. The highest BCUT2D eigenvalue weighted by molar-refractivity contribution is 8.00. The Morgan fingerprint density at radius 1 is 1.00 bits per heavy atom. The van der Waals surface area contributed by atoms with Crippen LogP contribution in [0.15, 0.2) is 65.8 Å². The number of thioether (sulfide) groups is 1. The summed E-state index contributed by atoms with van der Waals surface area (Å²) >= 11 is 1.41. The molecule has 1 aliphatic rings. The maximum Gasteiger partial charge on any atom is 0.240 e. The van der Waals surface area contributed by atoms with Gasteiger partial charge in [0.25, 0.3) is 0 Å². The van der Waals surface area contributed by atoms with E-state index < -0.39 is 0 Å². The summed E-state index contributed by atoms with van der Waals surface area (Å²) in [6.45, 7) is 1.68. The van der Waals surface area contributed by atoms with Crippen molar-refractivity contribution in [2.45, 2.75) is 23.2 Å². The highest BCUT2D eigenvalue weighted by Crippen LogP contribution is 2.36. The normalized spacial score (nSPS) is 15.2. The largest absolute Gasteiger partial charge is 0.341 e. The first-order valence-electron chi connectivity index (χ1n) is 8.79. The van der Waals surface area contributed by atoms with Crippen molar-refractivity contribution >= 4 is 17.7 Å². The van der Waals surface area contributed by atoms with E-state index in [9.17, 15) is 4.79 Å². The Balaban J connectivity index is 1.59. The van der Waals surface area contributed by atoms with Crippen LogP contribution in [0, 0.1) is 0 Å². The lowest BCUT2D eigenvalue weighted by Crippen LogP contribution is -2.31. The molecule has 2 aromatic carbocycles. The lowest BCUT2D eigenvalue weighted by Gasteiger charge is -2.22. The molecule has 0 saturated carbocycles. The van der Waals surface area contributed by atoms with Gasteiger partial charge >= 0.3 is 0 Å². The summed E-state index contributed by atoms with van der Waals surface area (Å²) in [5.74, 6) is 0.860. The number of aromatic amines is 1. The highest BCUT2D eigenvalue weighted by Gasteiger charge is 2.29. The van der Waals surface area contributed by atoms with Crippen LogP contribution < -0.4 is 0 Å². The standard InChI is InChI=1S/C20H20N4OS/c25-19(24-13-7-8-14-24)17(15-9-3-1-4-10-15)26-20-21-18(22-23-20)16-11-5-2-6-12-16/h1-6,9-12,17H,7-8,13-14H2,(H,21,22,23)/t17-/m1/s1. The van der Waals surface area contributed by atoms with Gasteiger partial charge in [0.05, 0.1) is 0 Å². The second-order valence-corrected chi connectivity index (χ2v) is 7.35. The third-order valence-corrected chi connectivity index (χ3v) is 5.58. The van der Waals surface area contributed by atoms with Gasteiger partial charge in [-0.3, -0.25) is 9.89 Å². The van der Waals surface area contributed by atoms with Crippen LogP contribution in [0.1, 0.15) is 23.7 Å². The minimum Gasteiger partial charge on any atom is -0.341 e. The number of carbonyl (C=O) groups is 1. The zero-order valence-electron chi connectivity index (χ0n) is 14.3. The zero-order valence-corrected chi connectivity index (χ0v) is 15.2. The maximum atomic E-state index is 13.1. The molecule has 4 rings (SSSR count). The first kappa shape index (κ1) is 16.8. The number of nitrogens with zero attached hydrogens (tertiary/aromatic N) is 3. The number of benzene rings is 2. The molecule has 1 fully saturated rings. The Hall–Kier alpha value is -2.60. The van der Waals surface area contributed by atoms with E-state index in [1.54, 1.807) is 0 Å². The molecule has 1 N–H and O–H groups in total. The average Bonchev–Trinajstić information content (AvgIpc) is 3.39. The van der Waals surface area contributed by atoms with Crippen LogP contribution in [-0.4, -0.2) is 39.1 Å². The summed E-state index contributed by atoms with van der Waals surface area (Å²) < 4.78 is 0. The van der Waals surface area contributed by atoms with E-state index in [4.69, 9.17) is 0 Å². The molecule has 0 unspecified atom stereocenters. The molecule has 1 aromatic heterocycles. The molecule has 1 aliphatic heterocycles. The molecule has 26 heavy (non-hydrogen) atoms. The van der Waals surface area contributed by atoms with Crippen molar-refractivity contribution in [2.75, 3.05) is 13.1 Å². The van der Waals surface area contributed by atoms with Gasteiger partial charge in [-0.1, -0.05) is 72.4 Å². The van der Waals surface area contributed by atoms with Crippen LogP contribution in [0.3, 0.4) is 0 Å². The fourth-order valence-corrected chi connectivity index (χ4v) is 4.12. The summed E-state index contributed by atoms with van der Waals surface area (Å²) in [7, 11) is 0. The summed E-state index contributed by atoms with van der Waals surface area (Å²) in [4.78, 5) is 19.6. The van der Waals surface area contributed by atoms with Crippen LogP contribution in [0.2, 0.25) is 0 Å². The van der Waals surface area contributed by atoms with Crippen molar-refractivity contribution in [3.8, 4) is 11.4 Å². The maximum absolute atomic E-state index is 13.1. The molecule has 3 aromatic rings. The molecule has 5 nitrogen and oxygen atoms in total. The SMILES string of the molecule is O=C([C@H](Sc1n[nH]c(-c2ccccc2)n1)c1ccccc1)N1CCCC1. The number of carbonyl (C=O) groups excluding carboxylic acids is 1. The third kappa shape index (κ3) is 3.65. The second kappa shape index (κ2) is 7.74. The van der Waals surface area contributed by atoms with Gasteiger partial charge in [0.2, 0.25) is 11.1 Å². The van der Waals surface area contributed by atoms with E-state index in [2.05, 4.69) is 15.2 Å². The lowest BCUT2D eigenvalue weighted by atomic mass is 10.1. The van der Waals surface area contributed by atoms with Crippen LogP contribution in [-0.2, 0) is 4.79 Å². The van der Waals surface area contributed by atoms with Crippen LogP contribution >= 0.6 is 11.8 Å². The first-order valence-corrected chi connectivity index (χ1v) is 9.67. The van der Waals surface area contributed by atoms with E-state index in [1.165, 1.54) is 11.8 Å². The summed E-state index contributed by atoms with van der Waals surface area (Å²) in [6.07, 6.45) is 2.16. The van der Waals surface area contributed by atoms with Crippen molar-refractivity contribution in [2.24, 2.45) is 0 Å². The molecule has 0 bridgehead atoms. The van der Waals surface area contributed by atoms with Gasteiger partial charge < -0.3 is 4.90 Å². The molecule has 132 valence electrons. The van der Waals surface area contributed by atoms with Crippen molar-refractivity contribution in [1.29, 1.82) is 0 Å². The van der Waals surface area contributed by atoms with Gasteiger partial charge in [-0.2, -0.15) is 0 Å². The van der Waals surface area contributed by atoms with E-state index in [0.717, 1.165) is 37.1 Å². The fraction of sp³-hybridized carbons (Fsp3) is 0.250. The molecule has 1 saturated heterocycles. The van der Waals surface area contributed by atoms with Crippen LogP contribution in [0.4, 0.5) is 0 Å². The Labute approximate surface area is 156 Å². The van der Waals surface area contributed by atoms with Gasteiger partial charge in [-0.25, -0.2) is 4.98 Å². The van der Waals surface area contributed by atoms with E-state index in [0.29, 0.717) is 11.0 Å². The highest BCUT2D eigenvalue weighted by atomic mass is 32.2. The molecular weight excluding hydrogens is 344 g/mol. The Morgan fingerprint density at radius 2 is 1.65 bits per heavy atom. The molecule has 1 amide bonds. The zero-order chi connectivity index (χ0) is 17.8. The second-order valence-electron chi connectivity index (χ2n) is 6.27.